The second kappa shape index (κ2) is 3.10. The SMILES string of the molecule is C1=CC2CC=C3CCC=C4C=CC(=C1)C2C43. The van der Waals surface area contributed by atoms with Gasteiger partial charge in [-0.15, -0.1) is 0 Å². The Hall–Kier alpha value is -1.30. The van der Waals surface area contributed by atoms with Gasteiger partial charge in [0.2, 0.25) is 0 Å². The fraction of sp³-hybridized carbons (Fsp3) is 0.375. The second-order valence-corrected chi connectivity index (χ2v) is 5.31. The average molecular weight is 208 g/mol. The molecule has 0 amide bonds. The Morgan fingerprint density at radius 2 is 2.00 bits per heavy atom. The van der Waals surface area contributed by atoms with Crippen LogP contribution in [0.4, 0.5) is 0 Å². The third-order valence-electron chi connectivity index (χ3n) is 4.54. The molecule has 0 nitrogen and oxygen atoms in total. The van der Waals surface area contributed by atoms with Crippen LogP contribution < -0.4 is 0 Å². The molecule has 0 aromatic carbocycles. The molecular formula is C16H16. The predicted molar refractivity (Wildman–Crippen MR) is 66.9 cm³/mol. The highest BCUT2D eigenvalue weighted by Crippen LogP contribution is 2.51. The van der Waals surface area contributed by atoms with Crippen molar-refractivity contribution in [2.45, 2.75) is 19.3 Å². The van der Waals surface area contributed by atoms with E-state index in [9.17, 15) is 0 Å². The number of rotatable bonds is 0. The lowest BCUT2D eigenvalue weighted by molar-refractivity contribution is 0.342. The van der Waals surface area contributed by atoms with E-state index >= 15 is 0 Å². The first kappa shape index (κ1) is 8.81. The molecule has 0 heterocycles. The minimum absolute atomic E-state index is 0.716. The zero-order chi connectivity index (χ0) is 10.5. The molecule has 4 rings (SSSR count). The molecule has 0 saturated heterocycles. The lowest BCUT2D eigenvalue weighted by Crippen LogP contribution is -2.34. The Morgan fingerprint density at radius 1 is 1.06 bits per heavy atom. The van der Waals surface area contributed by atoms with E-state index in [0.29, 0.717) is 5.92 Å². The summed E-state index contributed by atoms with van der Waals surface area (Å²) in [7, 11) is 0. The molecule has 0 aromatic heterocycles. The molecule has 4 aliphatic carbocycles. The first-order valence-corrected chi connectivity index (χ1v) is 6.39. The topological polar surface area (TPSA) is 0 Å². The van der Waals surface area contributed by atoms with Crippen LogP contribution in [0.1, 0.15) is 19.3 Å². The van der Waals surface area contributed by atoms with E-state index in [1.807, 2.05) is 0 Å². The highest BCUT2D eigenvalue weighted by Gasteiger charge is 2.40. The number of hydrogen-bond acceptors (Lipinski definition) is 0. The average Bonchev–Trinajstić information content (AvgIpc) is 2.36. The molecule has 0 aliphatic heterocycles. The van der Waals surface area contributed by atoms with Crippen molar-refractivity contribution < 1.29 is 0 Å². The van der Waals surface area contributed by atoms with Crippen molar-refractivity contribution >= 4 is 0 Å². The molecule has 80 valence electrons. The maximum absolute atomic E-state index is 2.52. The molecule has 3 unspecified atom stereocenters. The van der Waals surface area contributed by atoms with Crippen molar-refractivity contribution in [3.63, 3.8) is 0 Å². The Morgan fingerprint density at radius 3 is 3.00 bits per heavy atom. The summed E-state index contributed by atoms with van der Waals surface area (Å²) in [5.41, 5.74) is 4.85. The van der Waals surface area contributed by atoms with Crippen LogP contribution in [0.25, 0.3) is 0 Å². The van der Waals surface area contributed by atoms with Crippen molar-refractivity contribution in [3.8, 4) is 0 Å². The lowest BCUT2D eigenvalue weighted by Gasteiger charge is -2.44. The van der Waals surface area contributed by atoms with Crippen LogP contribution in [-0.4, -0.2) is 0 Å². The molecule has 0 bridgehead atoms. The molecule has 0 aromatic rings. The number of allylic oxidation sites excluding steroid dienone is 10. The summed E-state index contributed by atoms with van der Waals surface area (Å²) < 4.78 is 0. The van der Waals surface area contributed by atoms with Gasteiger partial charge in [0.05, 0.1) is 0 Å². The van der Waals surface area contributed by atoms with Gasteiger partial charge in [-0.1, -0.05) is 48.1 Å². The molecule has 0 saturated carbocycles. The first-order valence-electron chi connectivity index (χ1n) is 6.39. The lowest BCUT2D eigenvalue weighted by atomic mass is 9.60. The van der Waals surface area contributed by atoms with Gasteiger partial charge in [0.15, 0.2) is 0 Å². The predicted octanol–water partition coefficient (Wildman–Crippen LogP) is 3.95. The first-order chi connectivity index (χ1) is 7.93. The van der Waals surface area contributed by atoms with Crippen LogP contribution in [0.3, 0.4) is 0 Å². The quantitative estimate of drug-likeness (QED) is 0.529. The van der Waals surface area contributed by atoms with E-state index in [2.05, 4.69) is 42.5 Å². The van der Waals surface area contributed by atoms with Gasteiger partial charge in [0.25, 0.3) is 0 Å². The van der Waals surface area contributed by atoms with Gasteiger partial charge in [-0.05, 0) is 36.3 Å². The largest absolute Gasteiger partial charge is 0.0841 e. The van der Waals surface area contributed by atoms with Crippen LogP contribution >= 0.6 is 0 Å². The van der Waals surface area contributed by atoms with Crippen molar-refractivity contribution in [1.82, 2.24) is 0 Å². The van der Waals surface area contributed by atoms with E-state index in [1.54, 1.807) is 16.7 Å². The third kappa shape index (κ3) is 1.05. The molecule has 0 heteroatoms. The Labute approximate surface area is 96.7 Å². The van der Waals surface area contributed by atoms with Crippen LogP contribution in [0.2, 0.25) is 0 Å². The molecule has 0 N–H and O–H groups in total. The molecule has 16 heavy (non-hydrogen) atoms. The van der Waals surface area contributed by atoms with Crippen LogP contribution in [0.5, 0.6) is 0 Å². The maximum Gasteiger partial charge on any atom is 0.0120 e. The van der Waals surface area contributed by atoms with Crippen LogP contribution in [0, 0.1) is 17.8 Å². The fourth-order valence-corrected chi connectivity index (χ4v) is 3.84. The van der Waals surface area contributed by atoms with Crippen LogP contribution in [-0.2, 0) is 0 Å². The highest BCUT2D eigenvalue weighted by molar-refractivity contribution is 5.49. The standard InChI is InChI=1S/C16H16/c1-3-11-7-9-13-5-2-6-14-10-8-12(4-1)15(11)16(13)14/h1,3-5,7,9-10,12,15-16H,2,6,8H2. The van der Waals surface area contributed by atoms with Crippen molar-refractivity contribution in [3.05, 3.63) is 59.3 Å². The minimum atomic E-state index is 0.716. The van der Waals surface area contributed by atoms with E-state index < -0.39 is 0 Å². The highest BCUT2D eigenvalue weighted by atomic mass is 14.4. The molecule has 3 atom stereocenters. The Kier molecular flexibility index (Phi) is 1.71. The molecular weight excluding hydrogens is 192 g/mol. The van der Waals surface area contributed by atoms with E-state index in [-0.39, 0.29) is 0 Å². The molecule has 0 radical (unpaired) electrons. The maximum atomic E-state index is 2.52. The summed E-state index contributed by atoms with van der Waals surface area (Å²) in [5.74, 6) is 2.22. The van der Waals surface area contributed by atoms with Crippen LogP contribution in [0.15, 0.2) is 59.3 Å². The van der Waals surface area contributed by atoms with E-state index in [0.717, 1.165) is 11.8 Å². The van der Waals surface area contributed by atoms with Crippen molar-refractivity contribution in [1.29, 1.82) is 0 Å². The summed E-state index contributed by atoms with van der Waals surface area (Å²) in [5, 5.41) is 0. The summed E-state index contributed by atoms with van der Waals surface area (Å²) >= 11 is 0. The number of hydrogen-bond donors (Lipinski definition) is 0. The Bertz CT molecular complexity index is 482. The summed E-state index contributed by atoms with van der Waals surface area (Å²) in [6.45, 7) is 0. The van der Waals surface area contributed by atoms with Crippen molar-refractivity contribution in [2.75, 3.05) is 0 Å². The molecule has 0 fully saturated rings. The van der Waals surface area contributed by atoms with Gasteiger partial charge in [0.1, 0.15) is 0 Å². The molecule has 0 spiro atoms. The second-order valence-electron chi connectivity index (χ2n) is 5.31. The van der Waals surface area contributed by atoms with E-state index in [4.69, 9.17) is 0 Å². The summed E-state index contributed by atoms with van der Waals surface area (Å²) in [6.07, 6.45) is 20.4. The van der Waals surface area contributed by atoms with E-state index in [1.165, 1.54) is 19.3 Å². The zero-order valence-electron chi connectivity index (χ0n) is 9.39. The third-order valence-corrected chi connectivity index (χ3v) is 4.54. The van der Waals surface area contributed by atoms with Gasteiger partial charge in [-0.25, -0.2) is 0 Å². The van der Waals surface area contributed by atoms with Gasteiger partial charge >= 0.3 is 0 Å². The zero-order valence-corrected chi connectivity index (χ0v) is 9.39. The van der Waals surface area contributed by atoms with Gasteiger partial charge in [0, 0.05) is 11.8 Å². The summed E-state index contributed by atoms with van der Waals surface area (Å²) in [4.78, 5) is 0. The summed E-state index contributed by atoms with van der Waals surface area (Å²) in [6, 6.07) is 0. The fourth-order valence-electron chi connectivity index (χ4n) is 3.84. The van der Waals surface area contributed by atoms with Gasteiger partial charge in [-0.2, -0.15) is 0 Å². The van der Waals surface area contributed by atoms with Gasteiger partial charge in [-0.3, -0.25) is 0 Å². The molecule has 4 aliphatic rings. The van der Waals surface area contributed by atoms with Gasteiger partial charge < -0.3 is 0 Å². The minimum Gasteiger partial charge on any atom is -0.0841 e. The monoisotopic (exact) mass is 208 g/mol. The normalized spacial score (nSPS) is 38.5. The smallest absolute Gasteiger partial charge is 0.0120 e. The van der Waals surface area contributed by atoms with Crippen molar-refractivity contribution in [2.24, 2.45) is 17.8 Å². The Balaban J connectivity index is 1.94.